The number of carboxylic acids is 1. The van der Waals surface area contributed by atoms with Gasteiger partial charge in [0, 0.05) is 38.8 Å². The highest BCUT2D eigenvalue weighted by molar-refractivity contribution is 5.96. The molecule has 6 rings (SSSR count). The highest BCUT2D eigenvalue weighted by atomic mass is 19.4. The topological polar surface area (TPSA) is 109 Å². The van der Waals surface area contributed by atoms with Crippen LogP contribution in [0.2, 0.25) is 0 Å². The van der Waals surface area contributed by atoms with Gasteiger partial charge in [-0.25, -0.2) is 9.78 Å². The summed E-state index contributed by atoms with van der Waals surface area (Å²) in [5.41, 5.74) is 1.38. The van der Waals surface area contributed by atoms with Crippen molar-refractivity contribution in [2.24, 2.45) is 0 Å². The van der Waals surface area contributed by atoms with Crippen LogP contribution in [-0.4, -0.2) is 59.1 Å². The maximum absolute atomic E-state index is 13.9. The number of aromatic carboxylic acids is 1. The average Bonchev–Trinajstić information content (AvgIpc) is 3.56. The number of halogens is 3. The molecule has 246 valence electrons. The lowest BCUT2D eigenvalue weighted by molar-refractivity contribution is -0.141. The largest absolute Gasteiger partial charge is 0.478 e. The fourth-order valence-corrected chi connectivity index (χ4v) is 6.19. The van der Waals surface area contributed by atoms with Crippen LogP contribution in [0.4, 0.5) is 25.0 Å². The number of pyridine rings is 1. The predicted molar refractivity (Wildman–Crippen MR) is 168 cm³/mol. The SMILES string of the molecule is O=C(O)c1cccc(COC2CCN(c3ccc(CC(=O)c4oc(N5CCC(c6ccccc6)CC5)nc4C(F)(F)F)cn3)CC2)c1. The van der Waals surface area contributed by atoms with E-state index in [0.717, 1.165) is 31.2 Å². The number of nitrogens with zero attached hydrogens (tertiary/aromatic N) is 4. The van der Waals surface area contributed by atoms with Gasteiger partial charge in [-0.3, -0.25) is 4.79 Å². The number of oxazole rings is 1. The normalized spacial score (nSPS) is 16.4. The molecule has 47 heavy (non-hydrogen) atoms. The zero-order valence-corrected chi connectivity index (χ0v) is 25.7. The van der Waals surface area contributed by atoms with Gasteiger partial charge in [0.2, 0.25) is 11.5 Å². The van der Waals surface area contributed by atoms with Gasteiger partial charge in [0.1, 0.15) is 5.82 Å². The number of hydrogen-bond donors (Lipinski definition) is 1. The second-order valence-corrected chi connectivity index (χ2v) is 12.0. The summed E-state index contributed by atoms with van der Waals surface area (Å²) in [4.78, 5) is 36.3. The van der Waals surface area contributed by atoms with Gasteiger partial charge in [-0.15, -0.1) is 0 Å². The van der Waals surface area contributed by atoms with Crippen LogP contribution in [0.15, 0.2) is 77.3 Å². The van der Waals surface area contributed by atoms with Crippen molar-refractivity contribution in [1.82, 2.24) is 9.97 Å². The number of carbonyl (C=O) groups excluding carboxylic acids is 1. The van der Waals surface area contributed by atoms with E-state index in [-0.39, 0.29) is 24.1 Å². The molecule has 2 fully saturated rings. The van der Waals surface area contributed by atoms with Gasteiger partial charge in [-0.2, -0.15) is 18.2 Å². The number of aromatic nitrogens is 2. The minimum Gasteiger partial charge on any atom is -0.478 e. The summed E-state index contributed by atoms with van der Waals surface area (Å²) in [6.45, 7) is 2.63. The number of anilines is 2. The summed E-state index contributed by atoms with van der Waals surface area (Å²) in [6.07, 6.45) is -0.649. The molecule has 2 aliphatic heterocycles. The summed E-state index contributed by atoms with van der Waals surface area (Å²) in [5, 5.41) is 9.18. The molecule has 9 nitrogen and oxygen atoms in total. The van der Waals surface area contributed by atoms with Gasteiger partial charge in [0.25, 0.3) is 6.01 Å². The number of ether oxygens (including phenoxy) is 1. The van der Waals surface area contributed by atoms with Crippen LogP contribution in [0.25, 0.3) is 0 Å². The molecule has 12 heteroatoms. The van der Waals surface area contributed by atoms with Crippen LogP contribution in [0.3, 0.4) is 0 Å². The van der Waals surface area contributed by atoms with Crippen molar-refractivity contribution in [3.8, 4) is 0 Å². The van der Waals surface area contributed by atoms with Crippen molar-refractivity contribution < 1.29 is 37.0 Å². The first kappa shape index (κ1) is 32.2. The van der Waals surface area contributed by atoms with Crippen LogP contribution in [0.1, 0.15) is 74.9 Å². The Morgan fingerprint density at radius 3 is 2.28 bits per heavy atom. The lowest BCUT2D eigenvalue weighted by Crippen LogP contribution is -2.37. The summed E-state index contributed by atoms with van der Waals surface area (Å²) in [6, 6.07) is 20.0. The van der Waals surface area contributed by atoms with E-state index in [1.807, 2.05) is 24.3 Å². The molecule has 2 saturated heterocycles. The molecule has 2 aromatic carbocycles. The molecule has 2 aliphatic rings. The molecule has 0 radical (unpaired) electrons. The third-order valence-corrected chi connectivity index (χ3v) is 8.77. The Balaban J connectivity index is 1.03. The van der Waals surface area contributed by atoms with E-state index >= 15 is 0 Å². The Hall–Kier alpha value is -4.71. The molecule has 0 bridgehead atoms. The highest BCUT2D eigenvalue weighted by Gasteiger charge is 2.42. The molecule has 4 aromatic rings. The molecule has 0 atom stereocenters. The first-order valence-electron chi connectivity index (χ1n) is 15.7. The number of piperidine rings is 2. The number of rotatable bonds is 10. The molecule has 0 unspecified atom stereocenters. The predicted octanol–water partition coefficient (Wildman–Crippen LogP) is 6.78. The van der Waals surface area contributed by atoms with Gasteiger partial charge in [-0.1, -0.05) is 48.5 Å². The Kier molecular flexibility index (Phi) is 9.58. The minimum atomic E-state index is -4.84. The molecule has 0 spiro atoms. The fraction of sp³-hybridized carbons (Fsp3) is 0.371. The van der Waals surface area contributed by atoms with E-state index in [1.165, 1.54) is 11.8 Å². The maximum Gasteiger partial charge on any atom is 0.437 e. The zero-order valence-electron chi connectivity index (χ0n) is 25.7. The van der Waals surface area contributed by atoms with Crippen LogP contribution < -0.4 is 9.80 Å². The zero-order chi connectivity index (χ0) is 33.0. The summed E-state index contributed by atoms with van der Waals surface area (Å²) in [5.74, 6) is -1.57. The standard InChI is InChI=1S/C35H35F3N4O5/c36-35(37,38)32-31(47-34(40-32)42-15-11-26(12-16-42)25-6-2-1-3-7-25)29(43)20-23-9-10-30(39-21-23)41-17-13-28(14-18-41)46-22-24-5-4-8-27(19-24)33(44)45/h1-10,19,21,26,28H,11-18,20,22H2,(H,44,45). The minimum absolute atomic E-state index is 0.0153. The Bertz CT molecular complexity index is 1680. The Labute approximate surface area is 270 Å². The fourth-order valence-electron chi connectivity index (χ4n) is 6.19. The van der Waals surface area contributed by atoms with Gasteiger partial charge < -0.3 is 24.1 Å². The van der Waals surface area contributed by atoms with Gasteiger partial charge in [-0.05, 0) is 66.5 Å². The Morgan fingerprint density at radius 2 is 1.62 bits per heavy atom. The van der Waals surface area contributed by atoms with E-state index in [1.54, 1.807) is 35.2 Å². The number of alkyl halides is 3. The number of ketones is 1. The number of hydrogen-bond acceptors (Lipinski definition) is 8. The number of carbonyl (C=O) groups is 2. The molecule has 4 heterocycles. The smallest absolute Gasteiger partial charge is 0.437 e. The molecule has 0 saturated carbocycles. The second-order valence-electron chi connectivity index (χ2n) is 12.0. The van der Waals surface area contributed by atoms with E-state index in [4.69, 9.17) is 9.15 Å². The van der Waals surface area contributed by atoms with Gasteiger partial charge >= 0.3 is 12.1 Å². The average molecular weight is 649 g/mol. The first-order valence-corrected chi connectivity index (χ1v) is 15.7. The third kappa shape index (κ3) is 7.82. The van der Waals surface area contributed by atoms with E-state index in [9.17, 15) is 27.9 Å². The van der Waals surface area contributed by atoms with Gasteiger partial charge in [0.15, 0.2) is 5.69 Å². The van der Waals surface area contributed by atoms with Crippen LogP contribution in [0.5, 0.6) is 0 Å². The van der Waals surface area contributed by atoms with Crippen LogP contribution >= 0.6 is 0 Å². The summed E-state index contributed by atoms with van der Waals surface area (Å²) in [7, 11) is 0. The maximum atomic E-state index is 13.9. The van der Waals surface area contributed by atoms with Crippen molar-refractivity contribution in [2.45, 2.75) is 56.9 Å². The quantitative estimate of drug-likeness (QED) is 0.186. The van der Waals surface area contributed by atoms with Crippen molar-refractivity contribution in [3.63, 3.8) is 0 Å². The number of Topliss-reactive ketones (excluding diaryl/α,β-unsaturated/α-hetero) is 1. The number of carboxylic acid groups (broad SMARTS) is 1. The molecule has 0 amide bonds. The number of benzene rings is 2. The third-order valence-electron chi connectivity index (χ3n) is 8.77. The summed E-state index contributed by atoms with van der Waals surface area (Å²) >= 11 is 0. The van der Waals surface area contributed by atoms with E-state index < -0.39 is 29.4 Å². The van der Waals surface area contributed by atoms with Crippen LogP contribution in [-0.2, 0) is 23.9 Å². The van der Waals surface area contributed by atoms with E-state index in [2.05, 4.69) is 27.0 Å². The molecular formula is C35H35F3N4O5. The lowest BCUT2D eigenvalue weighted by atomic mass is 9.90. The van der Waals surface area contributed by atoms with Crippen molar-refractivity contribution in [3.05, 3.63) is 107 Å². The molecule has 0 aliphatic carbocycles. The second kappa shape index (κ2) is 14.0. The molecule has 2 aromatic heterocycles. The molecular weight excluding hydrogens is 613 g/mol. The Morgan fingerprint density at radius 1 is 0.894 bits per heavy atom. The van der Waals surface area contributed by atoms with Gasteiger partial charge in [0.05, 0.1) is 18.3 Å². The van der Waals surface area contributed by atoms with Crippen LogP contribution in [0, 0.1) is 0 Å². The van der Waals surface area contributed by atoms with Crippen molar-refractivity contribution in [1.29, 1.82) is 0 Å². The first-order chi connectivity index (χ1) is 22.6. The van der Waals surface area contributed by atoms with Crippen molar-refractivity contribution >= 4 is 23.6 Å². The molecule has 1 N–H and O–H groups in total. The lowest BCUT2D eigenvalue weighted by Gasteiger charge is -2.32. The monoisotopic (exact) mass is 648 g/mol. The summed E-state index contributed by atoms with van der Waals surface area (Å²) < 4.78 is 53.4. The highest BCUT2D eigenvalue weighted by Crippen LogP contribution is 2.37. The van der Waals surface area contributed by atoms with E-state index in [0.29, 0.717) is 50.1 Å². The van der Waals surface area contributed by atoms with Crippen molar-refractivity contribution in [2.75, 3.05) is 36.0 Å².